The highest BCUT2D eigenvalue weighted by Gasteiger charge is 2.25. The zero-order valence-electron chi connectivity index (χ0n) is 17.2. The van der Waals surface area contributed by atoms with Crippen molar-refractivity contribution in [3.05, 3.63) is 47.7 Å². The van der Waals surface area contributed by atoms with Crippen molar-refractivity contribution in [1.82, 2.24) is 15.1 Å². The van der Waals surface area contributed by atoms with Crippen molar-refractivity contribution >= 4 is 5.91 Å². The number of likely N-dealkylation sites (tertiary alicyclic amines) is 1. The minimum absolute atomic E-state index is 0.147. The van der Waals surface area contributed by atoms with Gasteiger partial charge in [-0.15, -0.1) is 0 Å². The van der Waals surface area contributed by atoms with E-state index >= 15 is 0 Å². The lowest BCUT2D eigenvalue weighted by Crippen LogP contribution is -2.40. The first-order valence-electron chi connectivity index (χ1n) is 10.7. The minimum atomic E-state index is -0.147. The molecule has 0 spiro atoms. The number of piperidine rings is 1. The number of nitrogens with one attached hydrogen (secondary N) is 1. The Bertz CT molecular complexity index is 699. The SMILES string of the molecule is N#C/C(=C/NCCCN1CCOCC1)C(=O)N1CCC(Cc2ccccc2)CC1. The topological polar surface area (TPSA) is 68.6 Å². The first-order valence-corrected chi connectivity index (χ1v) is 10.7. The van der Waals surface area contributed by atoms with Gasteiger partial charge in [-0.2, -0.15) is 5.26 Å². The molecule has 0 atom stereocenters. The first kappa shape index (κ1) is 21.4. The van der Waals surface area contributed by atoms with Crippen LogP contribution < -0.4 is 5.32 Å². The number of benzene rings is 1. The fourth-order valence-corrected chi connectivity index (χ4v) is 4.00. The fourth-order valence-electron chi connectivity index (χ4n) is 4.00. The highest BCUT2D eigenvalue weighted by atomic mass is 16.5. The number of nitrogens with zero attached hydrogens (tertiary/aromatic N) is 3. The molecule has 1 amide bonds. The van der Waals surface area contributed by atoms with Gasteiger partial charge in [-0.05, 0) is 43.7 Å². The summed E-state index contributed by atoms with van der Waals surface area (Å²) in [4.78, 5) is 16.9. The van der Waals surface area contributed by atoms with Crippen molar-refractivity contribution in [3.8, 4) is 6.07 Å². The average molecular weight is 397 g/mol. The van der Waals surface area contributed by atoms with Crippen LogP contribution in [0.4, 0.5) is 0 Å². The van der Waals surface area contributed by atoms with Crippen molar-refractivity contribution in [2.24, 2.45) is 5.92 Å². The van der Waals surface area contributed by atoms with Gasteiger partial charge in [0.25, 0.3) is 5.91 Å². The third-order valence-corrected chi connectivity index (χ3v) is 5.77. The molecule has 1 aromatic carbocycles. The summed E-state index contributed by atoms with van der Waals surface area (Å²) in [7, 11) is 0. The lowest BCUT2D eigenvalue weighted by Gasteiger charge is -2.32. The van der Waals surface area contributed by atoms with E-state index in [2.05, 4.69) is 40.6 Å². The van der Waals surface area contributed by atoms with Gasteiger partial charge in [-0.1, -0.05) is 30.3 Å². The van der Waals surface area contributed by atoms with Gasteiger partial charge in [0.05, 0.1) is 13.2 Å². The molecule has 2 aliphatic heterocycles. The number of carbonyl (C=O) groups excluding carboxylic acids is 1. The van der Waals surface area contributed by atoms with Crippen LogP contribution in [0.3, 0.4) is 0 Å². The van der Waals surface area contributed by atoms with E-state index in [0.29, 0.717) is 5.92 Å². The molecule has 2 aliphatic rings. The Hall–Kier alpha value is -2.36. The quantitative estimate of drug-likeness (QED) is 0.414. The molecule has 0 radical (unpaired) electrons. The molecule has 0 bridgehead atoms. The van der Waals surface area contributed by atoms with Crippen LogP contribution in [0.1, 0.15) is 24.8 Å². The largest absolute Gasteiger partial charge is 0.390 e. The maximum absolute atomic E-state index is 12.7. The van der Waals surface area contributed by atoms with E-state index in [0.717, 1.165) is 78.2 Å². The van der Waals surface area contributed by atoms with Crippen LogP contribution in [-0.4, -0.2) is 68.2 Å². The van der Waals surface area contributed by atoms with Crippen LogP contribution >= 0.6 is 0 Å². The van der Waals surface area contributed by atoms with Crippen LogP contribution in [0.5, 0.6) is 0 Å². The predicted octanol–water partition coefficient (Wildman–Crippen LogP) is 2.19. The summed E-state index contributed by atoms with van der Waals surface area (Å²) in [5.41, 5.74) is 1.56. The lowest BCUT2D eigenvalue weighted by molar-refractivity contribution is -0.128. The Morgan fingerprint density at radius 3 is 2.59 bits per heavy atom. The number of hydrogen-bond acceptors (Lipinski definition) is 5. The van der Waals surface area contributed by atoms with Crippen LogP contribution in [-0.2, 0) is 16.0 Å². The Labute approximate surface area is 174 Å². The molecule has 29 heavy (non-hydrogen) atoms. The molecule has 0 saturated carbocycles. The Morgan fingerprint density at radius 2 is 1.90 bits per heavy atom. The molecule has 6 heteroatoms. The molecule has 156 valence electrons. The van der Waals surface area contributed by atoms with E-state index in [4.69, 9.17) is 4.74 Å². The maximum Gasteiger partial charge on any atom is 0.265 e. The van der Waals surface area contributed by atoms with Crippen molar-refractivity contribution in [2.75, 3.05) is 52.5 Å². The third-order valence-electron chi connectivity index (χ3n) is 5.77. The zero-order valence-corrected chi connectivity index (χ0v) is 17.2. The van der Waals surface area contributed by atoms with Gasteiger partial charge in [-0.3, -0.25) is 9.69 Å². The van der Waals surface area contributed by atoms with Crippen LogP contribution in [0.15, 0.2) is 42.1 Å². The van der Waals surface area contributed by atoms with E-state index in [1.54, 1.807) is 6.20 Å². The number of amides is 1. The molecule has 2 fully saturated rings. The van der Waals surface area contributed by atoms with Gasteiger partial charge in [0, 0.05) is 38.9 Å². The molecule has 3 rings (SSSR count). The number of carbonyl (C=O) groups is 1. The van der Waals surface area contributed by atoms with E-state index in [9.17, 15) is 10.1 Å². The Balaban J connectivity index is 1.37. The molecule has 0 aromatic heterocycles. The summed E-state index contributed by atoms with van der Waals surface area (Å²) in [6, 6.07) is 12.6. The third kappa shape index (κ3) is 6.88. The number of rotatable bonds is 8. The van der Waals surface area contributed by atoms with Gasteiger partial charge in [0.2, 0.25) is 0 Å². The molecule has 1 N–H and O–H groups in total. The second-order valence-corrected chi connectivity index (χ2v) is 7.86. The van der Waals surface area contributed by atoms with E-state index in [1.165, 1.54) is 5.56 Å². The van der Waals surface area contributed by atoms with Gasteiger partial charge >= 0.3 is 0 Å². The monoisotopic (exact) mass is 396 g/mol. The van der Waals surface area contributed by atoms with Crippen molar-refractivity contribution in [2.45, 2.75) is 25.7 Å². The summed E-state index contributed by atoms with van der Waals surface area (Å²) >= 11 is 0. The number of morpholine rings is 1. The summed E-state index contributed by atoms with van der Waals surface area (Å²) in [5.74, 6) is 0.459. The van der Waals surface area contributed by atoms with Gasteiger partial charge in [0.15, 0.2) is 0 Å². The van der Waals surface area contributed by atoms with Gasteiger partial charge in [0.1, 0.15) is 11.6 Å². The minimum Gasteiger partial charge on any atom is -0.390 e. The molecule has 2 saturated heterocycles. The summed E-state index contributed by atoms with van der Waals surface area (Å²) in [5, 5.41) is 12.6. The van der Waals surface area contributed by atoms with Gasteiger partial charge < -0.3 is 15.0 Å². The van der Waals surface area contributed by atoms with Gasteiger partial charge in [-0.25, -0.2) is 0 Å². The number of hydrogen-bond donors (Lipinski definition) is 1. The van der Waals surface area contributed by atoms with E-state index in [-0.39, 0.29) is 11.5 Å². The Morgan fingerprint density at radius 1 is 1.17 bits per heavy atom. The molecule has 1 aromatic rings. The molecule has 0 aliphatic carbocycles. The summed E-state index contributed by atoms with van der Waals surface area (Å²) in [6.07, 6.45) is 5.62. The van der Waals surface area contributed by atoms with Crippen LogP contribution in [0.2, 0.25) is 0 Å². The highest BCUT2D eigenvalue weighted by molar-refractivity contribution is 5.97. The van der Waals surface area contributed by atoms with E-state index < -0.39 is 0 Å². The molecule has 0 unspecified atom stereocenters. The second-order valence-electron chi connectivity index (χ2n) is 7.86. The Kier molecular flexibility index (Phi) is 8.54. The molecular weight excluding hydrogens is 364 g/mol. The van der Waals surface area contributed by atoms with Crippen LogP contribution in [0, 0.1) is 17.2 Å². The molecular formula is C23H32N4O2. The predicted molar refractivity (Wildman–Crippen MR) is 113 cm³/mol. The normalized spacial score (nSPS) is 19.0. The standard InChI is InChI=1S/C23H32N4O2/c24-18-22(19-25-9-4-10-26-13-15-29-16-14-26)23(28)27-11-7-21(8-12-27)17-20-5-2-1-3-6-20/h1-3,5-6,19,21,25H,4,7-17H2/b22-19-. The highest BCUT2D eigenvalue weighted by Crippen LogP contribution is 2.22. The average Bonchev–Trinajstić information content (AvgIpc) is 2.78. The summed E-state index contributed by atoms with van der Waals surface area (Å²) in [6.45, 7) is 6.81. The van der Waals surface area contributed by atoms with Crippen molar-refractivity contribution in [3.63, 3.8) is 0 Å². The molecule has 2 heterocycles. The first-order chi connectivity index (χ1) is 14.3. The molecule has 6 nitrogen and oxygen atoms in total. The smallest absolute Gasteiger partial charge is 0.265 e. The van der Waals surface area contributed by atoms with Crippen molar-refractivity contribution < 1.29 is 9.53 Å². The fraction of sp³-hybridized carbons (Fsp3) is 0.565. The lowest BCUT2D eigenvalue weighted by atomic mass is 9.90. The maximum atomic E-state index is 12.7. The van der Waals surface area contributed by atoms with Crippen LogP contribution in [0.25, 0.3) is 0 Å². The summed E-state index contributed by atoms with van der Waals surface area (Å²) < 4.78 is 5.35. The van der Waals surface area contributed by atoms with E-state index in [1.807, 2.05) is 11.0 Å². The van der Waals surface area contributed by atoms with Crippen molar-refractivity contribution in [1.29, 1.82) is 5.26 Å². The number of ether oxygens (including phenoxy) is 1. The number of nitriles is 1. The zero-order chi connectivity index (χ0) is 20.3. The second kappa shape index (κ2) is 11.6.